The van der Waals surface area contributed by atoms with E-state index in [1.54, 1.807) is 7.11 Å². The lowest BCUT2D eigenvalue weighted by molar-refractivity contribution is -0.126. The SMILES string of the molecule is COc1ccccc1Cn1ncc2c1CCC[C@@H]2NC(=O)C1CCCCC1. The summed E-state index contributed by atoms with van der Waals surface area (Å²) in [5.74, 6) is 1.33. The highest BCUT2D eigenvalue weighted by molar-refractivity contribution is 5.79. The van der Waals surface area contributed by atoms with E-state index in [0.29, 0.717) is 6.54 Å². The third-order valence-corrected chi connectivity index (χ3v) is 6.07. The van der Waals surface area contributed by atoms with Crippen LogP contribution in [0.25, 0.3) is 0 Å². The van der Waals surface area contributed by atoms with Gasteiger partial charge in [0.15, 0.2) is 0 Å². The minimum atomic E-state index is 0.106. The minimum absolute atomic E-state index is 0.106. The largest absolute Gasteiger partial charge is 0.496 e. The Bertz CT molecular complexity index is 793. The second-order valence-electron chi connectivity index (χ2n) is 7.80. The smallest absolute Gasteiger partial charge is 0.223 e. The first-order valence-corrected chi connectivity index (χ1v) is 10.2. The number of benzene rings is 1. The predicted octanol–water partition coefficient (Wildman–Crippen LogP) is 4.01. The normalized spacial score (nSPS) is 20.1. The van der Waals surface area contributed by atoms with Crippen LogP contribution in [0.1, 0.15) is 67.8 Å². The molecule has 1 saturated carbocycles. The molecule has 1 aromatic heterocycles. The van der Waals surface area contributed by atoms with E-state index in [-0.39, 0.29) is 17.9 Å². The van der Waals surface area contributed by atoms with Crippen molar-refractivity contribution in [3.8, 4) is 5.75 Å². The molecule has 0 radical (unpaired) electrons. The zero-order valence-electron chi connectivity index (χ0n) is 16.1. The molecule has 1 fully saturated rings. The zero-order valence-corrected chi connectivity index (χ0v) is 16.1. The van der Waals surface area contributed by atoms with E-state index in [4.69, 9.17) is 4.74 Å². The first-order valence-electron chi connectivity index (χ1n) is 10.2. The number of aromatic nitrogens is 2. The molecule has 2 aliphatic rings. The molecule has 1 atom stereocenters. The van der Waals surface area contributed by atoms with Crippen LogP contribution in [0.5, 0.6) is 5.75 Å². The Morgan fingerprint density at radius 1 is 1.19 bits per heavy atom. The second kappa shape index (κ2) is 8.15. The third-order valence-electron chi connectivity index (χ3n) is 6.07. The van der Waals surface area contributed by atoms with Crippen LogP contribution in [-0.2, 0) is 17.8 Å². The molecule has 2 aromatic rings. The zero-order chi connectivity index (χ0) is 18.6. The van der Waals surface area contributed by atoms with E-state index in [1.165, 1.54) is 30.5 Å². The summed E-state index contributed by atoms with van der Waals surface area (Å²) in [7, 11) is 1.70. The summed E-state index contributed by atoms with van der Waals surface area (Å²) < 4.78 is 7.56. The highest BCUT2D eigenvalue weighted by Gasteiger charge is 2.28. The molecule has 0 bridgehead atoms. The molecule has 144 valence electrons. The number of fused-ring (bicyclic) bond motifs is 1. The monoisotopic (exact) mass is 367 g/mol. The summed E-state index contributed by atoms with van der Waals surface area (Å²) in [6.45, 7) is 0.697. The van der Waals surface area contributed by atoms with Crippen molar-refractivity contribution in [1.82, 2.24) is 15.1 Å². The Morgan fingerprint density at radius 2 is 2.00 bits per heavy atom. The Morgan fingerprint density at radius 3 is 2.81 bits per heavy atom. The molecule has 1 amide bonds. The minimum Gasteiger partial charge on any atom is -0.496 e. The van der Waals surface area contributed by atoms with Crippen molar-refractivity contribution in [2.45, 2.75) is 64.0 Å². The molecule has 0 spiro atoms. The molecular weight excluding hydrogens is 338 g/mol. The summed E-state index contributed by atoms with van der Waals surface area (Å²) in [4.78, 5) is 12.7. The number of nitrogens with one attached hydrogen (secondary N) is 1. The van der Waals surface area contributed by atoms with Gasteiger partial charge in [-0.15, -0.1) is 0 Å². The van der Waals surface area contributed by atoms with Gasteiger partial charge in [-0.3, -0.25) is 9.48 Å². The number of para-hydroxylation sites is 1. The Hall–Kier alpha value is -2.30. The molecule has 5 heteroatoms. The highest BCUT2D eigenvalue weighted by atomic mass is 16.5. The number of hydrogen-bond donors (Lipinski definition) is 1. The van der Waals surface area contributed by atoms with Gasteiger partial charge in [0.05, 0.1) is 25.9 Å². The molecule has 0 saturated heterocycles. The molecule has 0 unspecified atom stereocenters. The number of ether oxygens (including phenoxy) is 1. The molecule has 1 heterocycles. The van der Waals surface area contributed by atoms with Crippen LogP contribution in [0.4, 0.5) is 0 Å². The number of carbonyl (C=O) groups is 1. The number of methoxy groups -OCH3 is 1. The molecule has 1 N–H and O–H groups in total. The van der Waals surface area contributed by atoms with Crippen molar-refractivity contribution in [3.05, 3.63) is 47.3 Å². The molecule has 2 aliphatic carbocycles. The van der Waals surface area contributed by atoms with Crippen LogP contribution in [-0.4, -0.2) is 22.8 Å². The highest BCUT2D eigenvalue weighted by Crippen LogP contribution is 2.32. The number of rotatable bonds is 5. The third kappa shape index (κ3) is 3.87. The van der Waals surface area contributed by atoms with Crippen LogP contribution in [0, 0.1) is 5.92 Å². The molecule has 0 aliphatic heterocycles. The van der Waals surface area contributed by atoms with E-state index in [1.807, 2.05) is 24.4 Å². The molecule has 5 nitrogen and oxygen atoms in total. The Kier molecular flexibility index (Phi) is 5.46. The lowest BCUT2D eigenvalue weighted by Gasteiger charge is -2.27. The first-order chi connectivity index (χ1) is 13.3. The lowest BCUT2D eigenvalue weighted by atomic mass is 9.87. The van der Waals surface area contributed by atoms with Crippen molar-refractivity contribution in [3.63, 3.8) is 0 Å². The van der Waals surface area contributed by atoms with Gasteiger partial charge in [-0.05, 0) is 38.2 Å². The quantitative estimate of drug-likeness (QED) is 0.868. The fourth-order valence-corrected chi connectivity index (χ4v) is 4.55. The van der Waals surface area contributed by atoms with Gasteiger partial charge in [0.25, 0.3) is 0 Å². The first kappa shape index (κ1) is 18.1. The van der Waals surface area contributed by atoms with E-state index in [9.17, 15) is 4.79 Å². The predicted molar refractivity (Wildman–Crippen MR) is 105 cm³/mol. The topological polar surface area (TPSA) is 56.1 Å². The summed E-state index contributed by atoms with van der Waals surface area (Å²) in [5.41, 5.74) is 3.57. The van der Waals surface area contributed by atoms with Crippen molar-refractivity contribution in [1.29, 1.82) is 0 Å². The van der Waals surface area contributed by atoms with Gasteiger partial charge in [-0.2, -0.15) is 5.10 Å². The van der Waals surface area contributed by atoms with Gasteiger partial charge in [-0.1, -0.05) is 37.5 Å². The lowest BCUT2D eigenvalue weighted by Crippen LogP contribution is -2.36. The second-order valence-corrected chi connectivity index (χ2v) is 7.80. The van der Waals surface area contributed by atoms with Crippen LogP contribution < -0.4 is 10.1 Å². The maximum absolute atomic E-state index is 12.7. The van der Waals surface area contributed by atoms with Gasteiger partial charge in [-0.25, -0.2) is 0 Å². The fourth-order valence-electron chi connectivity index (χ4n) is 4.55. The van der Waals surface area contributed by atoms with Gasteiger partial charge < -0.3 is 10.1 Å². The maximum Gasteiger partial charge on any atom is 0.223 e. The summed E-state index contributed by atoms with van der Waals surface area (Å²) in [6, 6.07) is 8.18. The van der Waals surface area contributed by atoms with Crippen molar-refractivity contribution in [2.75, 3.05) is 7.11 Å². The number of hydrogen-bond acceptors (Lipinski definition) is 3. The van der Waals surface area contributed by atoms with Crippen LogP contribution >= 0.6 is 0 Å². The Labute approximate surface area is 161 Å². The average molecular weight is 367 g/mol. The van der Waals surface area contributed by atoms with E-state index >= 15 is 0 Å². The van der Waals surface area contributed by atoms with E-state index in [0.717, 1.165) is 43.4 Å². The molecule has 27 heavy (non-hydrogen) atoms. The molecule has 1 aromatic carbocycles. The van der Waals surface area contributed by atoms with E-state index in [2.05, 4.69) is 21.2 Å². The number of carbonyl (C=O) groups excluding carboxylic acids is 1. The van der Waals surface area contributed by atoms with Crippen LogP contribution in [0.2, 0.25) is 0 Å². The maximum atomic E-state index is 12.7. The fraction of sp³-hybridized carbons (Fsp3) is 0.545. The van der Waals surface area contributed by atoms with Gasteiger partial charge in [0, 0.05) is 22.7 Å². The summed E-state index contributed by atoms with van der Waals surface area (Å²) >= 11 is 0. The average Bonchev–Trinajstić information content (AvgIpc) is 3.13. The summed E-state index contributed by atoms with van der Waals surface area (Å²) in [5, 5.41) is 7.98. The van der Waals surface area contributed by atoms with Gasteiger partial charge in [0.2, 0.25) is 5.91 Å². The van der Waals surface area contributed by atoms with Gasteiger partial charge >= 0.3 is 0 Å². The summed E-state index contributed by atoms with van der Waals surface area (Å²) in [6.07, 6.45) is 10.8. The number of amides is 1. The van der Waals surface area contributed by atoms with Crippen molar-refractivity contribution >= 4 is 5.91 Å². The van der Waals surface area contributed by atoms with Crippen LogP contribution in [0.15, 0.2) is 30.5 Å². The van der Waals surface area contributed by atoms with Gasteiger partial charge in [0.1, 0.15) is 5.75 Å². The van der Waals surface area contributed by atoms with E-state index < -0.39 is 0 Å². The molecular formula is C22H29N3O2. The number of nitrogens with zero attached hydrogens (tertiary/aromatic N) is 2. The standard InChI is InChI=1S/C22H29N3O2/c1-27-21-13-6-5-10-17(21)15-25-20-12-7-11-19(18(20)14-23-25)24-22(26)16-8-3-2-4-9-16/h5-6,10,13-14,16,19H,2-4,7-9,11-12,15H2,1H3,(H,24,26)/t19-/m0/s1. The molecule has 4 rings (SSSR count). The Balaban J connectivity index is 1.50. The van der Waals surface area contributed by atoms with Crippen molar-refractivity contribution < 1.29 is 9.53 Å². The van der Waals surface area contributed by atoms with Crippen molar-refractivity contribution in [2.24, 2.45) is 5.92 Å². The van der Waals surface area contributed by atoms with Crippen LogP contribution in [0.3, 0.4) is 0 Å².